The molecule has 0 amide bonds. The normalized spacial score (nSPS) is 17.6. The van der Waals surface area contributed by atoms with Gasteiger partial charge in [-0.3, -0.25) is 9.48 Å². The Labute approximate surface area is 198 Å². The van der Waals surface area contributed by atoms with Gasteiger partial charge in [0.25, 0.3) is 0 Å². The van der Waals surface area contributed by atoms with E-state index in [4.69, 9.17) is 10.5 Å². The molecule has 6 heteroatoms. The van der Waals surface area contributed by atoms with Crippen LogP contribution in [0.3, 0.4) is 0 Å². The molecular formula is C28H26N4O2. The summed E-state index contributed by atoms with van der Waals surface area (Å²) in [6.07, 6.45) is 4.68. The van der Waals surface area contributed by atoms with E-state index in [1.165, 1.54) is 22.3 Å². The molecular weight excluding hydrogens is 424 g/mol. The smallest absolute Gasteiger partial charge is 0.163 e. The molecule has 2 aliphatic rings. The number of carbonyl (C=O) groups is 1. The van der Waals surface area contributed by atoms with Gasteiger partial charge in [-0.15, -0.1) is 0 Å². The SMILES string of the molecule is Cc1cc(N)nc(C)c1CCC(=O)c1ccc2c(c1)C1OC2c2ccc(Cn3cccn3)cc21. The highest BCUT2D eigenvalue weighted by Gasteiger charge is 2.42. The molecule has 2 aliphatic heterocycles. The molecule has 0 aliphatic carbocycles. The number of aryl methyl sites for hydroxylation is 2. The Hall–Kier alpha value is -3.77. The first kappa shape index (κ1) is 20.8. The number of hydrogen-bond acceptors (Lipinski definition) is 5. The molecule has 0 spiro atoms. The quantitative estimate of drug-likeness (QED) is 0.424. The minimum absolute atomic E-state index is 0.0518. The minimum Gasteiger partial charge on any atom is -0.384 e. The first-order chi connectivity index (χ1) is 16.5. The van der Waals surface area contributed by atoms with Gasteiger partial charge in [-0.05, 0) is 77.4 Å². The number of carbonyl (C=O) groups excluding carboxylic acids is 1. The van der Waals surface area contributed by atoms with Gasteiger partial charge >= 0.3 is 0 Å². The van der Waals surface area contributed by atoms with Crippen LogP contribution in [-0.2, 0) is 17.7 Å². The number of anilines is 1. The van der Waals surface area contributed by atoms with E-state index in [2.05, 4.69) is 34.3 Å². The van der Waals surface area contributed by atoms with E-state index in [9.17, 15) is 4.79 Å². The summed E-state index contributed by atoms with van der Waals surface area (Å²) in [7, 11) is 0. The number of Topliss-reactive ketones (excluding diaryl/α,β-unsaturated/α-hetero) is 1. The fraction of sp³-hybridized carbons (Fsp3) is 0.250. The summed E-state index contributed by atoms with van der Waals surface area (Å²) in [4.78, 5) is 17.4. The van der Waals surface area contributed by atoms with E-state index < -0.39 is 0 Å². The van der Waals surface area contributed by atoms with E-state index >= 15 is 0 Å². The largest absolute Gasteiger partial charge is 0.384 e. The maximum Gasteiger partial charge on any atom is 0.163 e. The van der Waals surface area contributed by atoms with E-state index in [1.807, 2.05) is 49.0 Å². The first-order valence-electron chi connectivity index (χ1n) is 11.6. The maximum atomic E-state index is 13.1. The van der Waals surface area contributed by atoms with Gasteiger partial charge in [0.15, 0.2) is 5.78 Å². The predicted molar refractivity (Wildman–Crippen MR) is 130 cm³/mol. The summed E-state index contributed by atoms with van der Waals surface area (Å²) in [5.74, 6) is 0.653. The second-order valence-electron chi connectivity index (χ2n) is 9.26. The number of nitrogens with two attached hydrogens (primary N) is 1. The Balaban J connectivity index is 1.23. The zero-order chi connectivity index (χ0) is 23.4. The van der Waals surface area contributed by atoms with E-state index in [1.54, 1.807) is 6.20 Å². The Morgan fingerprint density at radius 3 is 2.56 bits per heavy atom. The number of rotatable bonds is 6. The first-order valence-corrected chi connectivity index (χ1v) is 11.6. The van der Waals surface area contributed by atoms with Gasteiger partial charge in [0.05, 0.1) is 6.54 Å². The number of ketones is 1. The third kappa shape index (κ3) is 3.42. The highest BCUT2D eigenvalue weighted by molar-refractivity contribution is 5.96. The average molecular weight is 451 g/mol. The van der Waals surface area contributed by atoms with Crippen LogP contribution in [0, 0.1) is 13.8 Å². The summed E-state index contributed by atoms with van der Waals surface area (Å²) < 4.78 is 8.27. The van der Waals surface area contributed by atoms with Crippen molar-refractivity contribution in [2.45, 2.75) is 45.4 Å². The molecule has 2 unspecified atom stereocenters. The van der Waals surface area contributed by atoms with Crippen LogP contribution in [0.1, 0.15) is 73.6 Å². The fourth-order valence-corrected chi connectivity index (χ4v) is 5.40. The van der Waals surface area contributed by atoms with E-state index in [0.717, 1.165) is 34.5 Å². The van der Waals surface area contributed by atoms with Crippen LogP contribution in [0.5, 0.6) is 0 Å². The van der Waals surface area contributed by atoms with Crippen molar-refractivity contribution < 1.29 is 9.53 Å². The van der Waals surface area contributed by atoms with Crippen LogP contribution in [0.15, 0.2) is 60.9 Å². The third-order valence-electron chi connectivity index (χ3n) is 7.04. The standard InChI is InChI=1S/C28H26N4O2/c1-16-12-26(29)31-17(2)20(16)8-9-25(33)19-5-7-22-24(14-19)28-23-13-18(15-32-11-3-10-30-32)4-6-21(23)27(22)34-28/h3-7,10-14,27-28H,8-9,15H2,1-2H3,(H2,29,31). The van der Waals surface area contributed by atoms with Gasteiger partial charge < -0.3 is 10.5 Å². The van der Waals surface area contributed by atoms with Crippen molar-refractivity contribution >= 4 is 11.6 Å². The molecule has 0 radical (unpaired) electrons. The van der Waals surface area contributed by atoms with Crippen LogP contribution in [0.4, 0.5) is 5.82 Å². The molecule has 0 saturated heterocycles. The van der Waals surface area contributed by atoms with Crippen LogP contribution in [-0.4, -0.2) is 20.5 Å². The van der Waals surface area contributed by atoms with Crippen molar-refractivity contribution in [2.75, 3.05) is 5.73 Å². The van der Waals surface area contributed by atoms with Crippen LogP contribution >= 0.6 is 0 Å². The van der Waals surface area contributed by atoms with Crippen molar-refractivity contribution in [1.29, 1.82) is 0 Å². The van der Waals surface area contributed by atoms with Crippen molar-refractivity contribution in [3.8, 4) is 0 Å². The Bertz CT molecular complexity index is 1400. The zero-order valence-electron chi connectivity index (χ0n) is 19.3. The Morgan fingerprint density at radius 1 is 1.03 bits per heavy atom. The van der Waals surface area contributed by atoms with Crippen molar-refractivity contribution in [3.05, 3.63) is 111 Å². The second-order valence-corrected chi connectivity index (χ2v) is 9.26. The second kappa shape index (κ2) is 7.92. The lowest BCUT2D eigenvalue weighted by atomic mass is 9.84. The number of hydrogen-bond donors (Lipinski definition) is 1. The molecule has 6 nitrogen and oxygen atoms in total. The molecule has 0 fully saturated rings. The number of ether oxygens (including phenoxy) is 1. The van der Waals surface area contributed by atoms with E-state index in [0.29, 0.717) is 18.7 Å². The molecule has 2 aromatic heterocycles. The minimum atomic E-state index is -0.119. The van der Waals surface area contributed by atoms with Crippen LogP contribution in [0.25, 0.3) is 0 Å². The lowest BCUT2D eigenvalue weighted by Gasteiger charge is -2.18. The Kier molecular flexibility index (Phi) is 4.85. The lowest BCUT2D eigenvalue weighted by Crippen LogP contribution is -2.09. The van der Waals surface area contributed by atoms with E-state index in [-0.39, 0.29) is 18.0 Å². The fourth-order valence-electron chi connectivity index (χ4n) is 5.40. The number of pyridine rings is 1. The topological polar surface area (TPSA) is 83.0 Å². The average Bonchev–Trinajstić information content (AvgIpc) is 3.54. The van der Waals surface area contributed by atoms with Gasteiger partial charge in [-0.2, -0.15) is 5.10 Å². The number of aromatic nitrogens is 3. The number of nitrogen functional groups attached to an aromatic ring is 1. The third-order valence-corrected chi connectivity index (χ3v) is 7.04. The maximum absolute atomic E-state index is 13.1. The monoisotopic (exact) mass is 450 g/mol. The number of benzene rings is 2. The molecule has 2 aromatic carbocycles. The van der Waals surface area contributed by atoms with Gasteiger partial charge in [0.1, 0.15) is 18.0 Å². The summed E-state index contributed by atoms with van der Waals surface area (Å²) in [5.41, 5.74) is 15.6. The van der Waals surface area contributed by atoms with Crippen molar-refractivity contribution in [1.82, 2.24) is 14.8 Å². The summed E-state index contributed by atoms with van der Waals surface area (Å²) in [6, 6.07) is 16.4. The molecule has 2 bridgehead atoms. The molecule has 2 N–H and O–H groups in total. The molecule has 0 saturated carbocycles. The van der Waals surface area contributed by atoms with Crippen LogP contribution < -0.4 is 5.73 Å². The molecule has 4 aromatic rings. The molecule has 34 heavy (non-hydrogen) atoms. The Morgan fingerprint density at radius 2 is 1.79 bits per heavy atom. The number of fused-ring (bicyclic) bond motifs is 8. The summed E-state index contributed by atoms with van der Waals surface area (Å²) in [5, 5.41) is 4.31. The van der Waals surface area contributed by atoms with Gasteiger partial charge in [0.2, 0.25) is 0 Å². The predicted octanol–water partition coefficient (Wildman–Crippen LogP) is 4.86. The molecule has 6 rings (SSSR count). The van der Waals surface area contributed by atoms with Crippen molar-refractivity contribution in [2.24, 2.45) is 0 Å². The zero-order valence-corrected chi connectivity index (χ0v) is 19.3. The number of nitrogens with zero attached hydrogens (tertiary/aromatic N) is 3. The molecule has 4 heterocycles. The molecule has 2 atom stereocenters. The van der Waals surface area contributed by atoms with Gasteiger partial charge in [-0.25, -0.2) is 4.98 Å². The highest BCUT2D eigenvalue weighted by Crippen LogP contribution is 2.54. The lowest BCUT2D eigenvalue weighted by molar-refractivity contribution is 0.0857. The summed E-state index contributed by atoms with van der Waals surface area (Å²) in [6.45, 7) is 4.69. The van der Waals surface area contributed by atoms with Gasteiger partial charge in [0, 0.05) is 30.1 Å². The van der Waals surface area contributed by atoms with Crippen molar-refractivity contribution in [3.63, 3.8) is 0 Å². The van der Waals surface area contributed by atoms with Gasteiger partial charge in [-0.1, -0.05) is 30.3 Å². The molecule has 170 valence electrons. The summed E-state index contributed by atoms with van der Waals surface area (Å²) >= 11 is 0. The van der Waals surface area contributed by atoms with Crippen LogP contribution in [0.2, 0.25) is 0 Å². The highest BCUT2D eigenvalue weighted by atomic mass is 16.5.